The lowest BCUT2D eigenvalue weighted by Crippen LogP contribution is -2.41. The molecule has 1 N–H and O–H groups in total. The molecule has 1 atom stereocenters. The van der Waals surface area contributed by atoms with Crippen molar-refractivity contribution in [3.63, 3.8) is 0 Å². The number of nitrogens with zero attached hydrogens (tertiary/aromatic N) is 2. The van der Waals surface area contributed by atoms with Crippen LogP contribution in [-0.4, -0.2) is 49.0 Å². The number of hydrogen-bond donors (Lipinski definition) is 1. The standard InChI is InChI=1S/C12H17N3O3/c1-3-6-13-11(17)8-15(2)12(18)9-4-5-10(16)14-7-9/h4-5,7,9H,3,6,8H2,1-2H3,(H,13,17). The molecule has 1 aliphatic heterocycles. The number of hydrogen-bond acceptors (Lipinski definition) is 3. The van der Waals surface area contributed by atoms with Crippen LogP contribution in [0.3, 0.4) is 0 Å². The zero-order valence-electron chi connectivity index (χ0n) is 10.5. The number of aliphatic imine (C=N–C) groups is 1. The van der Waals surface area contributed by atoms with Crippen molar-refractivity contribution in [2.24, 2.45) is 10.9 Å². The molecule has 0 saturated heterocycles. The fraction of sp³-hybridized carbons (Fsp3) is 0.500. The zero-order chi connectivity index (χ0) is 13.5. The van der Waals surface area contributed by atoms with E-state index in [4.69, 9.17) is 0 Å². The molecule has 0 spiro atoms. The van der Waals surface area contributed by atoms with Gasteiger partial charge < -0.3 is 10.2 Å². The first-order chi connectivity index (χ1) is 8.54. The highest BCUT2D eigenvalue weighted by molar-refractivity contribution is 6.05. The summed E-state index contributed by atoms with van der Waals surface area (Å²) in [6.07, 6.45) is 4.89. The highest BCUT2D eigenvalue weighted by atomic mass is 16.2. The molecule has 98 valence electrons. The maximum atomic E-state index is 11.9. The number of dihydropyridines is 1. The van der Waals surface area contributed by atoms with Crippen LogP contribution in [-0.2, 0) is 14.4 Å². The van der Waals surface area contributed by atoms with E-state index in [0.717, 1.165) is 6.42 Å². The number of amides is 3. The third-order valence-corrected chi connectivity index (χ3v) is 2.42. The highest BCUT2D eigenvalue weighted by Gasteiger charge is 2.21. The molecule has 0 saturated carbocycles. The first kappa shape index (κ1) is 14.1. The lowest BCUT2D eigenvalue weighted by atomic mass is 10.1. The van der Waals surface area contributed by atoms with Crippen molar-refractivity contribution >= 4 is 23.9 Å². The molecule has 1 heterocycles. The predicted molar refractivity (Wildman–Crippen MR) is 67.1 cm³/mol. The minimum absolute atomic E-state index is 0.00492. The Morgan fingerprint density at radius 3 is 2.78 bits per heavy atom. The van der Waals surface area contributed by atoms with Gasteiger partial charge >= 0.3 is 0 Å². The fourth-order valence-corrected chi connectivity index (χ4v) is 1.45. The number of rotatable bonds is 5. The van der Waals surface area contributed by atoms with Gasteiger partial charge in [-0.25, -0.2) is 4.99 Å². The average molecular weight is 251 g/mol. The summed E-state index contributed by atoms with van der Waals surface area (Å²) in [5.74, 6) is -1.39. The van der Waals surface area contributed by atoms with E-state index < -0.39 is 5.92 Å². The van der Waals surface area contributed by atoms with Crippen LogP contribution in [0.1, 0.15) is 13.3 Å². The van der Waals surface area contributed by atoms with Crippen molar-refractivity contribution in [2.45, 2.75) is 13.3 Å². The van der Waals surface area contributed by atoms with Crippen molar-refractivity contribution in [3.8, 4) is 0 Å². The van der Waals surface area contributed by atoms with E-state index >= 15 is 0 Å². The van der Waals surface area contributed by atoms with Gasteiger partial charge in [0.15, 0.2) is 0 Å². The van der Waals surface area contributed by atoms with Crippen molar-refractivity contribution in [3.05, 3.63) is 12.2 Å². The van der Waals surface area contributed by atoms with E-state index in [2.05, 4.69) is 10.3 Å². The highest BCUT2D eigenvalue weighted by Crippen LogP contribution is 2.06. The van der Waals surface area contributed by atoms with Gasteiger partial charge in [0.25, 0.3) is 5.91 Å². The van der Waals surface area contributed by atoms with Gasteiger partial charge in [-0.15, -0.1) is 0 Å². The molecule has 0 bridgehead atoms. The van der Waals surface area contributed by atoms with Gasteiger partial charge in [-0.1, -0.05) is 13.0 Å². The maximum Gasteiger partial charge on any atom is 0.269 e. The van der Waals surface area contributed by atoms with Crippen LogP contribution in [0.25, 0.3) is 0 Å². The number of carbonyl (C=O) groups is 3. The van der Waals surface area contributed by atoms with Crippen LogP contribution < -0.4 is 5.32 Å². The molecule has 0 aliphatic carbocycles. The second-order valence-corrected chi connectivity index (χ2v) is 4.05. The lowest BCUT2D eigenvalue weighted by Gasteiger charge is -2.20. The molecule has 1 rings (SSSR count). The van der Waals surface area contributed by atoms with Crippen LogP contribution in [0, 0.1) is 5.92 Å². The summed E-state index contributed by atoms with van der Waals surface area (Å²) in [6.45, 7) is 2.56. The molecule has 1 aliphatic rings. The Labute approximate surface area is 106 Å². The van der Waals surface area contributed by atoms with E-state index in [1.807, 2.05) is 6.92 Å². The second-order valence-electron chi connectivity index (χ2n) is 4.05. The predicted octanol–water partition coefficient (Wildman–Crippen LogP) is -0.246. The SMILES string of the molecule is CCCNC(=O)CN(C)C(=O)C1C=CC(=O)N=C1. The van der Waals surface area contributed by atoms with Gasteiger partial charge in [-0.3, -0.25) is 14.4 Å². The normalized spacial score (nSPS) is 17.7. The number of carbonyl (C=O) groups excluding carboxylic acids is 3. The largest absolute Gasteiger partial charge is 0.355 e. The molecule has 1 unspecified atom stereocenters. The summed E-state index contributed by atoms with van der Waals surface area (Å²) >= 11 is 0. The summed E-state index contributed by atoms with van der Waals surface area (Å²) in [5, 5.41) is 2.69. The lowest BCUT2D eigenvalue weighted by molar-refractivity contribution is -0.135. The molecule has 18 heavy (non-hydrogen) atoms. The number of likely N-dealkylation sites (N-methyl/N-ethyl adjacent to an activating group) is 1. The Hall–Kier alpha value is -1.98. The first-order valence-electron chi connectivity index (χ1n) is 5.82. The Bertz CT molecular complexity index is 385. The quantitative estimate of drug-likeness (QED) is 0.732. The molecule has 0 fully saturated rings. The first-order valence-corrected chi connectivity index (χ1v) is 5.82. The molecular weight excluding hydrogens is 234 g/mol. The Morgan fingerprint density at radius 2 is 2.22 bits per heavy atom. The molecule has 0 aromatic rings. The van der Waals surface area contributed by atoms with Crippen LogP contribution in [0.4, 0.5) is 0 Å². The molecule has 6 nitrogen and oxygen atoms in total. The fourth-order valence-electron chi connectivity index (χ4n) is 1.45. The van der Waals surface area contributed by atoms with Crippen molar-refractivity contribution in [1.29, 1.82) is 0 Å². The average Bonchev–Trinajstić information content (AvgIpc) is 2.36. The summed E-state index contributed by atoms with van der Waals surface area (Å²) in [5.41, 5.74) is 0. The van der Waals surface area contributed by atoms with Crippen LogP contribution in [0.2, 0.25) is 0 Å². The van der Waals surface area contributed by atoms with E-state index in [9.17, 15) is 14.4 Å². The van der Waals surface area contributed by atoms with Gasteiger partial charge in [0.2, 0.25) is 11.8 Å². The van der Waals surface area contributed by atoms with Gasteiger partial charge in [-0.2, -0.15) is 0 Å². The van der Waals surface area contributed by atoms with Gasteiger partial charge in [0.05, 0.1) is 12.5 Å². The van der Waals surface area contributed by atoms with Crippen LogP contribution >= 0.6 is 0 Å². The maximum absolute atomic E-state index is 11.9. The van der Waals surface area contributed by atoms with Gasteiger partial charge in [0.1, 0.15) is 0 Å². The van der Waals surface area contributed by atoms with Crippen LogP contribution in [0.15, 0.2) is 17.1 Å². The van der Waals surface area contributed by atoms with Crippen molar-refractivity contribution < 1.29 is 14.4 Å². The zero-order valence-corrected chi connectivity index (χ0v) is 10.5. The second kappa shape index (κ2) is 6.68. The molecule has 0 radical (unpaired) electrons. The van der Waals surface area contributed by atoms with E-state index in [1.165, 1.54) is 23.3 Å². The molecule has 0 aromatic carbocycles. The minimum Gasteiger partial charge on any atom is -0.355 e. The van der Waals surface area contributed by atoms with E-state index in [0.29, 0.717) is 6.54 Å². The smallest absolute Gasteiger partial charge is 0.269 e. The third-order valence-electron chi connectivity index (χ3n) is 2.42. The summed E-state index contributed by atoms with van der Waals surface area (Å²) in [7, 11) is 1.55. The molecule has 6 heteroatoms. The van der Waals surface area contributed by atoms with Crippen molar-refractivity contribution in [1.82, 2.24) is 10.2 Å². The number of nitrogens with one attached hydrogen (secondary N) is 1. The third kappa shape index (κ3) is 4.12. The van der Waals surface area contributed by atoms with E-state index in [-0.39, 0.29) is 24.3 Å². The topological polar surface area (TPSA) is 78.8 Å². The Morgan fingerprint density at radius 1 is 1.50 bits per heavy atom. The van der Waals surface area contributed by atoms with E-state index in [1.54, 1.807) is 7.05 Å². The monoisotopic (exact) mass is 251 g/mol. The van der Waals surface area contributed by atoms with Crippen LogP contribution in [0.5, 0.6) is 0 Å². The molecule has 3 amide bonds. The molecular formula is C12H17N3O3. The Balaban J connectivity index is 2.46. The Kier molecular flexibility index (Phi) is 5.23. The summed E-state index contributed by atoms with van der Waals surface area (Å²) in [4.78, 5) is 39.0. The molecule has 0 aromatic heterocycles. The van der Waals surface area contributed by atoms with Gasteiger partial charge in [-0.05, 0) is 6.42 Å². The van der Waals surface area contributed by atoms with Gasteiger partial charge in [0, 0.05) is 25.9 Å². The summed E-state index contributed by atoms with van der Waals surface area (Å²) in [6, 6.07) is 0. The van der Waals surface area contributed by atoms with Crippen molar-refractivity contribution in [2.75, 3.05) is 20.1 Å². The minimum atomic E-state index is -0.563. The summed E-state index contributed by atoms with van der Waals surface area (Å²) < 4.78 is 0.